The number of rotatable bonds is 6. The van der Waals surface area contributed by atoms with Crippen molar-refractivity contribution in [3.8, 4) is 5.75 Å². The molecule has 1 aromatic heterocycles. The standard InChI is InChI=1S/C14H18N2O2/c1-11(15-10-13-7-8-18-16-13)9-12-3-5-14(17-2)6-4-12/h3-8,11,15H,9-10H2,1-2H3. The van der Waals surface area contributed by atoms with Crippen molar-refractivity contribution < 1.29 is 9.26 Å². The highest BCUT2D eigenvalue weighted by atomic mass is 16.5. The second kappa shape index (κ2) is 6.21. The number of aromatic nitrogens is 1. The molecule has 1 N–H and O–H groups in total. The third-order valence-electron chi connectivity index (χ3n) is 2.82. The minimum atomic E-state index is 0.384. The van der Waals surface area contributed by atoms with Gasteiger partial charge in [0.05, 0.1) is 12.8 Å². The molecule has 0 aliphatic carbocycles. The van der Waals surface area contributed by atoms with Crippen molar-refractivity contribution >= 4 is 0 Å². The number of hydrogen-bond acceptors (Lipinski definition) is 4. The van der Waals surface area contributed by atoms with Gasteiger partial charge < -0.3 is 14.6 Å². The molecule has 0 spiro atoms. The van der Waals surface area contributed by atoms with E-state index < -0.39 is 0 Å². The van der Waals surface area contributed by atoms with Gasteiger partial charge in [-0.1, -0.05) is 17.3 Å². The Morgan fingerprint density at radius 1 is 1.28 bits per heavy atom. The number of methoxy groups -OCH3 is 1. The van der Waals surface area contributed by atoms with Gasteiger partial charge in [-0.25, -0.2) is 0 Å². The monoisotopic (exact) mass is 246 g/mol. The van der Waals surface area contributed by atoms with Crippen LogP contribution in [0.1, 0.15) is 18.2 Å². The van der Waals surface area contributed by atoms with Crippen LogP contribution in [0.3, 0.4) is 0 Å². The molecule has 1 aromatic carbocycles. The van der Waals surface area contributed by atoms with E-state index in [0.29, 0.717) is 6.04 Å². The molecule has 1 atom stereocenters. The summed E-state index contributed by atoms with van der Waals surface area (Å²) in [5.74, 6) is 0.891. The molecular formula is C14H18N2O2. The third kappa shape index (κ3) is 3.60. The van der Waals surface area contributed by atoms with E-state index in [1.54, 1.807) is 13.4 Å². The normalized spacial score (nSPS) is 12.3. The van der Waals surface area contributed by atoms with Crippen LogP contribution in [0.15, 0.2) is 41.1 Å². The average Bonchev–Trinajstić information content (AvgIpc) is 2.90. The Kier molecular flexibility index (Phi) is 4.36. The molecule has 0 saturated carbocycles. The molecule has 0 saturated heterocycles. The van der Waals surface area contributed by atoms with Crippen LogP contribution in [0, 0.1) is 0 Å². The Morgan fingerprint density at radius 2 is 2.06 bits per heavy atom. The van der Waals surface area contributed by atoms with Crippen LogP contribution in [-0.4, -0.2) is 18.3 Å². The molecule has 2 aromatic rings. The van der Waals surface area contributed by atoms with Crippen LogP contribution in [0.5, 0.6) is 5.75 Å². The van der Waals surface area contributed by atoms with Gasteiger partial charge >= 0.3 is 0 Å². The average molecular weight is 246 g/mol. The van der Waals surface area contributed by atoms with Crippen LogP contribution in [0.25, 0.3) is 0 Å². The molecular weight excluding hydrogens is 228 g/mol. The highest BCUT2D eigenvalue weighted by Crippen LogP contribution is 2.12. The molecule has 2 rings (SSSR count). The maximum Gasteiger partial charge on any atom is 0.124 e. The Labute approximate surface area is 107 Å². The van der Waals surface area contributed by atoms with E-state index in [9.17, 15) is 0 Å². The Balaban J connectivity index is 1.80. The fraction of sp³-hybridized carbons (Fsp3) is 0.357. The SMILES string of the molecule is COc1ccc(CC(C)NCc2ccon2)cc1. The molecule has 0 aliphatic rings. The van der Waals surface area contributed by atoms with Crippen molar-refractivity contribution in [2.24, 2.45) is 0 Å². The van der Waals surface area contributed by atoms with E-state index in [-0.39, 0.29) is 0 Å². The third-order valence-corrected chi connectivity index (χ3v) is 2.82. The van der Waals surface area contributed by atoms with Crippen LogP contribution < -0.4 is 10.1 Å². The summed E-state index contributed by atoms with van der Waals surface area (Å²) < 4.78 is 9.92. The van der Waals surface area contributed by atoms with Crippen molar-refractivity contribution in [1.82, 2.24) is 10.5 Å². The quantitative estimate of drug-likeness (QED) is 0.850. The van der Waals surface area contributed by atoms with E-state index >= 15 is 0 Å². The summed E-state index contributed by atoms with van der Waals surface area (Å²) in [6.45, 7) is 2.89. The van der Waals surface area contributed by atoms with Gasteiger partial charge in [-0.2, -0.15) is 0 Å². The van der Waals surface area contributed by atoms with Gasteiger partial charge in [0.25, 0.3) is 0 Å². The first-order valence-electron chi connectivity index (χ1n) is 6.03. The molecule has 0 fully saturated rings. The molecule has 1 unspecified atom stereocenters. The first-order valence-corrected chi connectivity index (χ1v) is 6.03. The molecule has 1 heterocycles. The van der Waals surface area contributed by atoms with Crippen LogP contribution in [-0.2, 0) is 13.0 Å². The van der Waals surface area contributed by atoms with Gasteiger partial charge in [-0.3, -0.25) is 0 Å². The smallest absolute Gasteiger partial charge is 0.124 e. The van der Waals surface area contributed by atoms with Gasteiger partial charge in [-0.15, -0.1) is 0 Å². The fourth-order valence-corrected chi connectivity index (χ4v) is 1.79. The van der Waals surface area contributed by atoms with E-state index in [0.717, 1.165) is 24.4 Å². The summed E-state index contributed by atoms with van der Waals surface area (Å²) in [7, 11) is 1.68. The fourth-order valence-electron chi connectivity index (χ4n) is 1.79. The predicted molar refractivity (Wildman–Crippen MR) is 69.5 cm³/mol. The van der Waals surface area contributed by atoms with Gasteiger partial charge in [0.15, 0.2) is 0 Å². The first-order chi connectivity index (χ1) is 8.78. The van der Waals surface area contributed by atoms with Crippen LogP contribution in [0.4, 0.5) is 0 Å². The van der Waals surface area contributed by atoms with Crippen molar-refractivity contribution in [2.75, 3.05) is 7.11 Å². The zero-order chi connectivity index (χ0) is 12.8. The molecule has 0 bridgehead atoms. The van der Waals surface area contributed by atoms with Crippen LogP contribution >= 0.6 is 0 Å². The summed E-state index contributed by atoms with van der Waals surface area (Å²) in [5, 5.41) is 7.27. The van der Waals surface area contributed by atoms with Crippen LogP contribution in [0.2, 0.25) is 0 Å². The number of nitrogens with zero attached hydrogens (tertiary/aromatic N) is 1. The molecule has 4 heteroatoms. The summed E-state index contributed by atoms with van der Waals surface area (Å²) in [5.41, 5.74) is 2.22. The Bertz CT molecular complexity index is 451. The molecule has 0 radical (unpaired) electrons. The molecule has 4 nitrogen and oxygen atoms in total. The Hall–Kier alpha value is -1.81. The largest absolute Gasteiger partial charge is 0.497 e. The topological polar surface area (TPSA) is 47.3 Å². The first kappa shape index (κ1) is 12.6. The summed E-state index contributed by atoms with van der Waals surface area (Å²) in [6.07, 6.45) is 2.56. The lowest BCUT2D eigenvalue weighted by Gasteiger charge is -2.13. The van der Waals surface area contributed by atoms with E-state index in [1.165, 1.54) is 5.56 Å². The lowest BCUT2D eigenvalue weighted by Crippen LogP contribution is -2.27. The lowest BCUT2D eigenvalue weighted by molar-refractivity contribution is 0.405. The van der Waals surface area contributed by atoms with Gasteiger partial charge in [0.1, 0.15) is 12.0 Å². The minimum Gasteiger partial charge on any atom is -0.497 e. The lowest BCUT2D eigenvalue weighted by atomic mass is 10.1. The zero-order valence-corrected chi connectivity index (χ0v) is 10.7. The maximum atomic E-state index is 5.14. The van der Waals surface area contributed by atoms with Crippen molar-refractivity contribution in [3.05, 3.63) is 47.9 Å². The predicted octanol–water partition coefficient (Wildman–Crippen LogP) is 2.40. The van der Waals surface area contributed by atoms with Gasteiger partial charge in [-0.05, 0) is 31.0 Å². The molecule has 0 amide bonds. The summed E-state index contributed by atoms with van der Waals surface area (Å²) >= 11 is 0. The minimum absolute atomic E-state index is 0.384. The number of hydrogen-bond donors (Lipinski definition) is 1. The van der Waals surface area contributed by atoms with Crippen molar-refractivity contribution in [2.45, 2.75) is 25.9 Å². The molecule has 0 aliphatic heterocycles. The second-order valence-corrected chi connectivity index (χ2v) is 4.32. The second-order valence-electron chi connectivity index (χ2n) is 4.32. The number of nitrogens with one attached hydrogen (secondary N) is 1. The summed E-state index contributed by atoms with van der Waals surface area (Å²) in [6, 6.07) is 10.4. The zero-order valence-electron chi connectivity index (χ0n) is 10.7. The van der Waals surface area contributed by atoms with Crippen molar-refractivity contribution in [3.63, 3.8) is 0 Å². The van der Waals surface area contributed by atoms with E-state index in [2.05, 4.69) is 29.5 Å². The van der Waals surface area contributed by atoms with Gasteiger partial charge in [0.2, 0.25) is 0 Å². The number of benzene rings is 1. The molecule has 96 valence electrons. The van der Waals surface area contributed by atoms with Gasteiger partial charge in [0, 0.05) is 18.7 Å². The highest BCUT2D eigenvalue weighted by molar-refractivity contribution is 5.27. The Morgan fingerprint density at radius 3 is 2.67 bits per heavy atom. The maximum absolute atomic E-state index is 5.14. The summed E-state index contributed by atoms with van der Waals surface area (Å²) in [4.78, 5) is 0. The molecule has 18 heavy (non-hydrogen) atoms. The number of ether oxygens (including phenoxy) is 1. The van der Waals surface area contributed by atoms with E-state index in [1.807, 2.05) is 18.2 Å². The highest BCUT2D eigenvalue weighted by Gasteiger charge is 2.04. The van der Waals surface area contributed by atoms with Crippen molar-refractivity contribution in [1.29, 1.82) is 0 Å². The van der Waals surface area contributed by atoms with E-state index in [4.69, 9.17) is 9.26 Å².